The van der Waals surface area contributed by atoms with Crippen molar-refractivity contribution in [2.45, 2.75) is 37.7 Å². The number of aromatic nitrogens is 2. The van der Waals surface area contributed by atoms with Crippen LogP contribution in [0.2, 0.25) is 0 Å². The molecular weight excluding hydrogens is 885 g/mol. The molecule has 0 radical (unpaired) electrons. The highest BCUT2D eigenvalue weighted by molar-refractivity contribution is 5.74. The lowest BCUT2D eigenvalue weighted by Gasteiger charge is -2.19. The summed E-state index contributed by atoms with van der Waals surface area (Å²) in [6, 6.07) is 11.5. The number of aliphatic carboxylic acids is 4. The number of benzene rings is 2. The summed E-state index contributed by atoms with van der Waals surface area (Å²) in [5.74, 6) is -9.30. The van der Waals surface area contributed by atoms with Crippen LogP contribution in [0.25, 0.3) is 11.1 Å². The van der Waals surface area contributed by atoms with Crippen molar-refractivity contribution in [3.05, 3.63) is 60.2 Å². The predicted molar refractivity (Wildman–Crippen MR) is 188 cm³/mol. The highest BCUT2D eigenvalue weighted by atomic mass is 19.4. The number of anilines is 1. The molecule has 0 aliphatic carbocycles. The molecular formula is C34H38F13N5O10. The van der Waals surface area contributed by atoms with Gasteiger partial charge in [-0.1, -0.05) is 12.1 Å². The van der Waals surface area contributed by atoms with E-state index >= 15 is 0 Å². The van der Waals surface area contributed by atoms with Crippen LogP contribution in [-0.2, 0) is 25.7 Å². The van der Waals surface area contributed by atoms with E-state index in [-0.39, 0.29) is 5.82 Å². The molecule has 4 rings (SSSR count). The van der Waals surface area contributed by atoms with E-state index in [4.69, 9.17) is 49.1 Å². The van der Waals surface area contributed by atoms with E-state index in [1.807, 2.05) is 26.2 Å². The molecule has 0 saturated carbocycles. The number of hydrogen-bond acceptors (Lipinski definition) is 10. The Labute approximate surface area is 341 Å². The number of nitrogens with zero attached hydrogens (tertiary/aromatic N) is 3. The minimum absolute atomic E-state index is 0.296. The number of alkyl halides is 12. The number of ether oxygens (including phenoxy) is 2. The maximum Gasteiger partial charge on any atom is 0.490 e. The molecule has 62 heavy (non-hydrogen) atoms. The first-order valence-corrected chi connectivity index (χ1v) is 16.7. The van der Waals surface area contributed by atoms with Gasteiger partial charge in [0.1, 0.15) is 23.9 Å². The fraction of sp³-hybridized carbons (Fsp3) is 0.441. The van der Waals surface area contributed by atoms with E-state index in [1.165, 1.54) is 11.6 Å². The van der Waals surface area contributed by atoms with Crippen LogP contribution >= 0.6 is 0 Å². The largest absolute Gasteiger partial charge is 0.497 e. The first-order valence-electron chi connectivity index (χ1n) is 16.7. The molecule has 1 aliphatic rings. The van der Waals surface area contributed by atoms with Crippen LogP contribution in [0, 0.1) is 11.7 Å². The second-order valence-electron chi connectivity index (χ2n) is 12.3. The van der Waals surface area contributed by atoms with Gasteiger partial charge < -0.3 is 40.1 Å². The Morgan fingerprint density at radius 1 is 0.839 bits per heavy atom. The van der Waals surface area contributed by atoms with Crippen molar-refractivity contribution in [2.24, 2.45) is 5.92 Å². The lowest BCUT2D eigenvalue weighted by Crippen LogP contribution is -2.23. The molecule has 1 fully saturated rings. The third-order valence-electron chi connectivity index (χ3n) is 7.14. The van der Waals surface area contributed by atoms with Gasteiger partial charge in [-0.2, -0.15) is 57.8 Å². The van der Waals surface area contributed by atoms with E-state index < -0.39 is 48.6 Å². The number of hydrogen-bond donors (Lipinski definition) is 6. The zero-order valence-corrected chi connectivity index (χ0v) is 32.1. The summed E-state index contributed by atoms with van der Waals surface area (Å²) in [5, 5.41) is 38.7. The summed E-state index contributed by atoms with van der Waals surface area (Å²) >= 11 is 0. The fourth-order valence-electron chi connectivity index (χ4n) is 4.27. The molecule has 28 heteroatoms. The lowest BCUT2D eigenvalue weighted by atomic mass is 10.1. The van der Waals surface area contributed by atoms with Gasteiger partial charge in [-0.3, -0.25) is 10.00 Å². The molecule has 1 saturated heterocycles. The molecule has 0 bridgehead atoms. The number of halogens is 13. The molecule has 0 amide bonds. The van der Waals surface area contributed by atoms with Crippen LogP contribution in [0.5, 0.6) is 11.5 Å². The zero-order valence-electron chi connectivity index (χ0n) is 32.1. The summed E-state index contributed by atoms with van der Waals surface area (Å²) < 4.78 is 153. The van der Waals surface area contributed by atoms with E-state index in [9.17, 15) is 57.1 Å². The Kier molecular flexibility index (Phi) is 22.6. The zero-order chi connectivity index (χ0) is 48.2. The number of carbonyl (C=O) groups is 4. The van der Waals surface area contributed by atoms with Crippen LogP contribution in [-0.4, -0.2) is 143 Å². The maximum absolute atomic E-state index is 14.9. The molecule has 2 heterocycles. The normalized spacial score (nSPS) is 14.0. The van der Waals surface area contributed by atoms with E-state index in [1.54, 1.807) is 25.6 Å². The monoisotopic (exact) mass is 923 g/mol. The van der Waals surface area contributed by atoms with Gasteiger partial charge in [0.2, 0.25) is 0 Å². The van der Waals surface area contributed by atoms with Gasteiger partial charge in [0, 0.05) is 49.6 Å². The third kappa shape index (κ3) is 23.1. The van der Waals surface area contributed by atoms with E-state index in [0.717, 1.165) is 44.9 Å². The number of aromatic amines is 1. The molecule has 1 atom stereocenters. The fourth-order valence-corrected chi connectivity index (χ4v) is 4.27. The smallest absolute Gasteiger partial charge is 0.490 e. The lowest BCUT2D eigenvalue weighted by molar-refractivity contribution is -0.193. The number of carboxylic acid groups (broad SMARTS) is 4. The van der Waals surface area contributed by atoms with Crippen molar-refractivity contribution < 1.29 is 106 Å². The Balaban J connectivity index is 0.00000107. The first kappa shape index (κ1) is 55.9. The molecule has 1 aromatic heterocycles. The van der Waals surface area contributed by atoms with Crippen LogP contribution in [0.1, 0.15) is 12.0 Å². The number of H-pyrrole nitrogens is 1. The van der Waals surface area contributed by atoms with E-state index in [0.29, 0.717) is 35.1 Å². The highest BCUT2D eigenvalue weighted by Crippen LogP contribution is 2.34. The van der Waals surface area contributed by atoms with Gasteiger partial charge in [-0.25, -0.2) is 23.6 Å². The Bertz CT molecular complexity index is 1760. The SMILES string of the molecule is COc1cccc(CN2CCC(CNc3cc(F)c(-c4cn[nH]c4)cc3OCCN(C)C)C2)c1.O=C(O)C(F)(F)F.O=C(O)C(F)(F)F.O=C(O)C(F)(F)F.O=C(O)C(F)(F)F. The van der Waals surface area contributed by atoms with Crippen LogP contribution in [0.4, 0.5) is 62.8 Å². The molecule has 2 aromatic carbocycles. The quantitative estimate of drug-likeness (QED) is 0.111. The van der Waals surface area contributed by atoms with Crippen LogP contribution < -0.4 is 14.8 Å². The van der Waals surface area contributed by atoms with Gasteiger partial charge in [0.05, 0.1) is 19.0 Å². The molecule has 0 spiro atoms. The van der Waals surface area contributed by atoms with Crippen molar-refractivity contribution in [3.63, 3.8) is 0 Å². The standard InChI is InChI=1S/C26H34FN5O2.4C2HF3O2/c1-31(2)9-10-34-26-12-23(21-15-29-30-16-21)24(27)13-25(26)28-14-20-7-8-32(18-20)17-19-5-4-6-22(11-19)33-3;4*3-2(4,5)1(6)7/h4-6,11-13,15-16,20,28H,7-10,14,17-18H2,1-3H3,(H,29,30);4*(H,6,7). The topological polar surface area (TPSA) is 215 Å². The number of methoxy groups -OCH3 is 1. The average Bonchev–Trinajstić information content (AvgIpc) is 3.84. The van der Waals surface area contributed by atoms with Gasteiger partial charge in [-0.05, 0) is 56.7 Å². The van der Waals surface area contributed by atoms with Crippen LogP contribution in [0.3, 0.4) is 0 Å². The Morgan fingerprint density at radius 2 is 1.34 bits per heavy atom. The highest BCUT2D eigenvalue weighted by Gasteiger charge is 2.40. The van der Waals surface area contributed by atoms with Gasteiger partial charge in [0.15, 0.2) is 0 Å². The first-order chi connectivity index (χ1) is 28.3. The van der Waals surface area contributed by atoms with Gasteiger partial charge in [0.25, 0.3) is 0 Å². The summed E-state index contributed by atoms with van der Waals surface area (Å²) in [5.41, 5.74) is 3.12. The van der Waals surface area contributed by atoms with Crippen molar-refractivity contribution in [1.82, 2.24) is 20.0 Å². The summed E-state index contributed by atoms with van der Waals surface area (Å²) in [6.45, 7) is 5.01. The molecule has 15 nitrogen and oxygen atoms in total. The number of likely N-dealkylation sites (N-methyl/N-ethyl adjacent to an activating group) is 1. The van der Waals surface area contributed by atoms with Crippen molar-refractivity contribution in [3.8, 4) is 22.6 Å². The second kappa shape index (κ2) is 25.0. The number of rotatable bonds is 11. The minimum Gasteiger partial charge on any atom is -0.497 e. The molecule has 6 N–H and O–H groups in total. The minimum atomic E-state index is -5.08. The molecule has 350 valence electrons. The average molecular weight is 924 g/mol. The Morgan fingerprint density at radius 3 is 1.76 bits per heavy atom. The van der Waals surface area contributed by atoms with Crippen molar-refractivity contribution in [1.29, 1.82) is 0 Å². The van der Waals surface area contributed by atoms with E-state index in [2.05, 4.69) is 37.4 Å². The Hall–Kier alpha value is -6.06. The number of carboxylic acids is 4. The molecule has 3 aromatic rings. The summed E-state index contributed by atoms with van der Waals surface area (Å²) in [4.78, 5) is 40.1. The predicted octanol–water partition coefficient (Wildman–Crippen LogP) is 6.63. The number of likely N-dealkylation sites (tertiary alicyclic amines) is 1. The number of nitrogens with one attached hydrogen (secondary N) is 2. The van der Waals surface area contributed by atoms with Gasteiger partial charge >= 0.3 is 48.6 Å². The summed E-state index contributed by atoms with van der Waals surface area (Å²) in [7, 11) is 5.70. The maximum atomic E-state index is 14.9. The van der Waals surface area contributed by atoms with Gasteiger partial charge in [-0.15, -0.1) is 0 Å². The summed E-state index contributed by atoms with van der Waals surface area (Å²) in [6.07, 6.45) is -15.9. The van der Waals surface area contributed by atoms with Crippen LogP contribution in [0.15, 0.2) is 48.8 Å². The molecule has 1 aliphatic heterocycles. The van der Waals surface area contributed by atoms with Crippen molar-refractivity contribution in [2.75, 3.05) is 59.3 Å². The van der Waals surface area contributed by atoms with Crippen molar-refractivity contribution >= 4 is 29.6 Å². The third-order valence-corrected chi connectivity index (χ3v) is 7.14. The molecule has 1 unspecified atom stereocenters. The second-order valence-corrected chi connectivity index (χ2v) is 12.3.